The number of hydrogen-bond acceptors (Lipinski definition) is 4. The van der Waals surface area contributed by atoms with E-state index in [4.69, 9.17) is 4.74 Å². The van der Waals surface area contributed by atoms with Gasteiger partial charge >= 0.3 is 6.09 Å². The van der Waals surface area contributed by atoms with Crippen LogP contribution in [0.1, 0.15) is 37.1 Å². The highest BCUT2D eigenvalue weighted by molar-refractivity contribution is 5.94. The van der Waals surface area contributed by atoms with Crippen molar-refractivity contribution in [3.63, 3.8) is 0 Å². The standard InChI is InChI=1S/C20H24N2O3/c1-3-14-13-8-9-21(10-11-23)19(14)18-15-6-4-5-7-16(15)22(17(18)12-13)20(24)25-2/h4-7,11,13-14,19H,3,8-10,12H2,1-2H3/t13-,14+,19-/m1/s1. The third-order valence-electron chi connectivity index (χ3n) is 6.10. The van der Waals surface area contributed by atoms with E-state index >= 15 is 0 Å². The molecule has 1 aliphatic heterocycles. The van der Waals surface area contributed by atoms with Crippen LogP contribution in [0.4, 0.5) is 4.79 Å². The maximum absolute atomic E-state index is 12.5. The molecule has 3 atom stereocenters. The van der Waals surface area contributed by atoms with E-state index in [2.05, 4.69) is 17.9 Å². The summed E-state index contributed by atoms with van der Waals surface area (Å²) in [6.07, 6.45) is 3.74. The van der Waals surface area contributed by atoms with Gasteiger partial charge in [0.25, 0.3) is 0 Å². The van der Waals surface area contributed by atoms with Crippen LogP contribution in [0, 0.1) is 11.8 Å². The second-order valence-electron chi connectivity index (χ2n) is 7.11. The van der Waals surface area contributed by atoms with Crippen LogP contribution in [0.3, 0.4) is 0 Å². The van der Waals surface area contributed by atoms with E-state index in [0.717, 1.165) is 48.7 Å². The lowest BCUT2D eigenvalue weighted by Crippen LogP contribution is -2.47. The quantitative estimate of drug-likeness (QED) is 0.804. The molecule has 0 saturated carbocycles. The molecule has 1 saturated heterocycles. The van der Waals surface area contributed by atoms with Crippen LogP contribution in [0.25, 0.3) is 10.9 Å². The Morgan fingerprint density at radius 2 is 2.16 bits per heavy atom. The summed E-state index contributed by atoms with van der Waals surface area (Å²) in [4.78, 5) is 26.0. The lowest BCUT2D eigenvalue weighted by molar-refractivity contribution is -0.110. The minimum atomic E-state index is -0.326. The maximum Gasteiger partial charge on any atom is 0.418 e. The third-order valence-corrected chi connectivity index (χ3v) is 6.10. The summed E-state index contributed by atoms with van der Waals surface area (Å²) in [6.45, 7) is 3.63. The zero-order valence-electron chi connectivity index (χ0n) is 14.8. The molecule has 2 aromatic rings. The van der Waals surface area contributed by atoms with E-state index in [1.54, 1.807) is 4.57 Å². The molecule has 4 rings (SSSR count). The second kappa shape index (κ2) is 6.30. The number of hydrogen-bond donors (Lipinski definition) is 0. The van der Waals surface area contributed by atoms with Crippen LogP contribution in [0.2, 0.25) is 0 Å². The zero-order valence-corrected chi connectivity index (χ0v) is 14.8. The molecule has 2 aliphatic rings. The van der Waals surface area contributed by atoms with Gasteiger partial charge in [-0.05, 0) is 42.9 Å². The van der Waals surface area contributed by atoms with E-state index in [-0.39, 0.29) is 12.1 Å². The molecule has 1 aromatic carbocycles. The third kappa shape index (κ3) is 2.33. The number of fused-ring (bicyclic) bond motifs is 6. The summed E-state index contributed by atoms with van der Waals surface area (Å²) in [7, 11) is 1.43. The first-order valence-corrected chi connectivity index (χ1v) is 9.09. The molecule has 0 unspecified atom stereocenters. The number of nitrogens with zero attached hydrogens (tertiary/aromatic N) is 2. The number of aldehydes is 1. The summed E-state index contributed by atoms with van der Waals surface area (Å²) in [5.41, 5.74) is 3.21. The van der Waals surface area contributed by atoms with Crippen molar-refractivity contribution in [3.05, 3.63) is 35.5 Å². The Bertz CT molecular complexity index is 826. The number of rotatable bonds is 3. The number of ether oxygens (including phenoxy) is 1. The van der Waals surface area contributed by atoms with Gasteiger partial charge in [-0.1, -0.05) is 31.5 Å². The fourth-order valence-corrected chi connectivity index (χ4v) is 5.12. The number of benzene rings is 1. The van der Waals surface area contributed by atoms with E-state index in [1.165, 1.54) is 12.7 Å². The molecule has 1 fully saturated rings. The molecule has 25 heavy (non-hydrogen) atoms. The van der Waals surface area contributed by atoms with Gasteiger partial charge in [0.05, 0.1) is 19.2 Å². The number of carbonyl (C=O) groups excluding carboxylic acids is 2. The Balaban J connectivity index is 1.99. The molecule has 0 amide bonds. The number of likely N-dealkylation sites (tertiary alicyclic amines) is 1. The predicted molar refractivity (Wildman–Crippen MR) is 95.7 cm³/mol. The average molecular weight is 340 g/mol. The van der Waals surface area contributed by atoms with Gasteiger partial charge in [-0.15, -0.1) is 0 Å². The zero-order chi connectivity index (χ0) is 17.6. The van der Waals surface area contributed by atoms with Gasteiger partial charge in [0.2, 0.25) is 0 Å². The van der Waals surface area contributed by atoms with Crippen LogP contribution in [-0.2, 0) is 16.0 Å². The van der Waals surface area contributed by atoms with Crippen LogP contribution in [0.5, 0.6) is 0 Å². The molecular formula is C20H24N2O3. The predicted octanol–water partition coefficient (Wildman–Crippen LogP) is 3.40. The lowest BCUT2D eigenvalue weighted by atomic mass is 9.68. The number of piperidine rings is 1. The molecular weight excluding hydrogens is 316 g/mol. The highest BCUT2D eigenvalue weighted by Gasteiger charge is 2.45. The smallest absolute Gasteiger partial charge is 0.418 e. The number of para-hydroxylation sites is 1. The van der Waals surface area contributed by atoms with Gasteiger partial charge in [-0.25, -0.2) is 9.36 Å². The Morgan fingerprint density at radius 3 is 2.88 bits per heavy atom. The number of aromatic nitrogens is 1. The van der Waals surface area contributed by atoms with Crippen molar-refractivity contribution in [3.8, 4) is 0 Å². The van der Waals surface area contributed by atoms with Crippen molar-refractivity contribution in [1.82, 2.24) is 9.47 Å². The molecule has 2 heterocycles. The molecule has 5 nitrogen and oxygen atoms in total. The summed E-state index contributed by atoms with van der Waals surface area (Å²) in [5.74, 6) is 1.08. The van der Waals surface area contributed by atoms with E-state index in [9.17, 15) is 9.59 Å². The number of methoxy groups -OCH3 is 1. The molecule has 0 spiro atoms. The van der Waals surface area contributed by atoms with Crippen molar-refractivity contribution in [2.45, 2.75) is 32.2 Å². The first-order chi connectivity index (χ1) is 12.2. The average Bonchev–Trinajstić information content (AvgIpc) is 2.96. The molecule has 5 heteroatoms. The molecule has 0 radical (unpaired) electrons. The van der Waals surface area contributed by atoms with Gasteiger partial charge < -0.3 is 9.53 Å². The van der Waals surface area contributed by atoms with Gasteiger partial charge in [0.15, 0.2) is 0 Å². The molecule has 1 aromatic heterocycles. The van der Waals surface area contributed by atoms with E-state index < -0.39 is 0 Å². The normalized spacial score (nSPS) is 25.6. The highest BCUT2D eigenvalue weighted by atomic mass is 16.5. The maximum atomic E-state index is 12.5. The van der Waals surface area contributed by atoms with Crippen molar-refractivity contribution < 1.29 is 14.3 Å². The van der Waals surface area contributed by atoms with Crippen molar-refractivity contribution in [2.24, 2.45) is 11.8 Å². The first kappa shape index (κ1) is 16.3. The van der Waals surface area contributed by atoms with Crippen molar-refractivity contribution >= 4 is 23.3 Å². The van der Waals surface area contributed by atoms with Gasteiger partial charge in [0.1, 0.15) is 6.29 Å². The first-order valence-electron chi connectivity index (χ1n) is 9.09. The molecule has 2 bridgehead atoms. The van der Waals surface area contributed by atoms with Crippen LogP contribution in [0.15, 0.2) is 24.3 Å². The summed E-state index contributed by atoms with van der Waals surface area (Å²) < 4.78 is 6.82. The van der Waals surface area contributed by atoms with Crippen LogP contribution in [-0.4, -0.2) is 42.0 Å². The Labute approximate surface area is 147 Å². The SMILES string of the molecule is CC[C@H]1[C@@H]2CCN(CC=O)[C@H]1c1c(n(C(=O)OC)c3ccccc13)C2. The number of carbonyl (C=O) groups is 2. The molecule has 132 valence electrons. The molecule has 0 N–H and O–H groups in total. The summed E-state index contributed by atoms with van der Waals surface area (Å²) in [5, 5.41) is 1.11. The van der Waals surface area contributed by atoms with Crippen LogP contribution < -0.4 is 0 Å². The fraction of sp³-hybridized carbons (Fsp3) is 0.500. The second-order valence-corrected chi connectivity index (χ2v) is 7.11. The van der Waals surface area contributed by atoms with Gasteiger partial charge in [-0.2, -0.15) is 0 Å². The van der Waals surface area contributed by atoms with Crippen LogP contribution >= 0.6 is 0 Å². The van der Waals surface area contributed by atoms with Gasteiger partial charge in [0, 0.05) is 17.1 Å². The topological polar surface area (TPSA) is 51.5 Å². The fourth-order valence-electron chi connectivity index (χ4n) is 5.12. The van der Waals surface area contributed by atoms with Crippen molar-refractivity contribution in [2.75, 3.05) is 20.2 Å². The Hall–Kier alpha value is -2.14. The largest absolute Gasteiger partial charge is 0.452 e. The van der Waals surface area contributed by atoms with Crippen molar-refractivity contribution in [1.29, 1.82) is 0 Å². The Kier molecular flexibility index (Phi) is 4.12. The Morgan fingerprint density at radius 1 is 1.36 bits per heavy atom. The highest BCUT2D eigenvalue weighted by Crippen LogP contribution is 2.50. The molecule has 1 aliphatic carbocycles. The van der Waals surface area contributed by atoms with E-state index in [0.29, 0.717) is 18.4 Å². The summed E-state index contributed by atoms with van der Waals surface area (Å²) >= 11 is 0. The monoisotopic (exact) mass is 340 g/mol. The minimum Gasteiger partial charge on any atom is -0.452 e. The lowest BCUT2D eigenvalue weighted by Gasteiger charge is -2.48. The van der Waals surface area contributed by atoms with E-state index in [1.807, 2.05) is 18.2 Å². The summed E-state index contributed by atoms with van der Waals surface area (Å²) in [6, 6.07) is 8.26. The van der Waals surface area contributed by atoms with Gasteiger partial charge in [-0.3, -0.25) is 4.90 Å². The minimum absolute atomic E-state index is 0.202.